The lowest BCUT2D eigenvalue weighted by Gasteiger charge is -2.32. The molecule has 0 atom stereocenters. The zero-order valence-electron chi connectivity index (χ0n) is 27.9. The summed E-state index contributed by atoms with van der Waals surface area (Å²) >= 11 is 0.675. The van der Waals surface area contributed by atoms with Crippen LogP contribution in [0.25, 0.3) is 5.57 Å². The summed E-state index contributed by atoms with van der Waals surface area (Å²) in [6.45, 7) is -1.22. The number of rotatable bonds is 5. The van der Waals surface area contributed by atoms with Crippen molar-refractivity contribution in [3.63, 3.8) is 0 Å². The van der Waals surface area contributed by atoms with Crippen LogP contribution in [0.5, 0.6) is 0 Å². The highest BCUT2D eigenvalue weighted by atomic mass is 32.2. The Hall–Kier alpha value is -1.64. The van der Waals surface area contributed by atoms with Gasteiger partial charge in [-0.3, -0.25) is 0 Å². The van der Waals surface area contributed by atoms with Crippen molar-refractivity contribution in [1.82, 2.24) is 14.1 Å². The number of hydrogen-bond acceptors (Lipinski definition) is 5. The van der Waals surface area contributed by atoms with Crippen molar-refractivity contribution in [3.05, 3.63) is 59.5 Å². The molecule has 0 radical (unpaired) electrons. The minimum Gasteiger partial charge on any atom is -0.304 e. The summed E-state index contributed by atoms with van der Waals surface area (Å²) in [5.41, 5.74) is -0.880. The first kappa shape index (κ1) is 11.8. The van der Waals surface area contributed by atoms with Gasteiger partial charge in [-0.2, -0.15) is 0 Å². The van der Waals surface area contributed by atoms with E-state index in [1.165, 1.54) is 19.0 Å². The van der Waals surface area contributed by atoms with E-state index in [1.807, 2.05) is 11.9 Å². The van der Waals surface area contributed by atoms with Gasteiger partial charge in [-0.05, 0) is 54.3 Å². The van der Waals surface area contributed by atoms with Crippen LogP contribution in [-0.2, 0) is 10.0 Å². The Kier molecular flexibility index (Phi) is 3.49. The number of fused-ring (bicyclic) bond motifs is 2. The molecule has 160 valence electrons. The van der Waals surface area contributed by atoms with Crippen LogP contribution in [-0.4, -0.2) is 76.3 Å². The van der Waals surface area contributed by atoms with E-state index in [9.17, 15) is 8.42 Å². The molecular weight excluding hydrogens is 414 g/mol. The smallest absolute Gasteiger partial charge is 0.242 e. The standard InChI is InChI=1S/C23H29N3O2S2/c1-24(2)30(27,28)18-10-11-23-21(17-18)19(20-7-4-5-9-22(20)29-23)8-6-12-26-15-13-25(3)14-16-26/h4-5,7-11,17H,6,12-16H2,1-3H3/b19-8-/i4D,5D,6D2,7D,9D,10D,11D,12D2,17D. The van der Waals surface area contributed by atoms with Gasteiger partial charge in [-0.1, -0.05) is 36.0 Å². The van der Waals surface area contributed by atoms with E-state index in [-0.39, 0.29) is 39.6 Å². The lowest BCUT2D eigenvalue weighted by atomic mass is 9.96. The molecule has 0 unspecified atom stereocenters. The fourth-order valence-corrected chi connectivity index (χ4v) is 4.72. The average molecular weight is 455 g/mol. The molecule has 2 heterocycles. The van der Waals surface area contributed by atoms with Gasteiger partial charge < -0.3 is 9.80 Å². The number of benzene rings is 2. The van der Waals surface area contributed by atoms with Crippen LogP contribution in [0.4, 0.5) is 0 Å². The first-order chi connectivity index (χ1) is 18.8. The van der Waals surface area contributed by atoms with Gasteiger partial charge in [0.05, 0.1) is 14.5 Å². The van der Waals surface area contributed by atoms with Gasteiger partial charge in [0.1, 0.15) is 0 Å². The molecule has 2 aliphatic heterocycles. The minimum absolute atomic E-state index is 0.0961. The van der Waals surface area contributed by atoms with Crippen molar-refractivity contribution in [2.24, 2.45) is 0 Å². The molecule has 0 aromatic heterocycles. The summed E-state index contributed by atoms with van der Waals surface area (Å²) in [5, 5.41) is 0. The van der Waals surface area contributed by atoms with Crippen LogP contribution < -0.4 is 0 Å². The van der Waals surface area contributed by atoms with Gasteiger partial charge in [-0.25, -0.2) is 12.7 Å². The van der Waals surface area contributed by atoms with Gasteiger partial charge in [0.2, 0.25) is 10.0 Å². The summed E-state index contributed by atoms with van der Waals surface area (Å²) in [4.78, 5) is 2.23. The predicted molar refractivity (Wildman–Crippen MR) is 124 cm³/mol. The zero-order chi connectivity index (χ0) is 31.0. The molecule has 1 fully saturated rings. The van der Waals surface area contributed by atoms with Gasteiger partial charge in [0.15, 0.2) is 0 Å². The molecular formula is C23H29N3O2S2. The largest absolute Gasteiger partial charge is 0.304 e. The minimum atomic E-state index is -4.45. The highest BCUT2D eigenvalue weighted by molar-refractivity contribution is 7.99. The van der Waals surface area contributed by atoms with Gasteiger partial charge >= 0.3 is 0 Å². The van der Waals surface area contributed by atoms with Crippen LogP contribution in [0, 0.1) is 0 Å². The molecule has 0 amide bonds. The molecule has 0 aliphatic carbocycles. The second-order valence-corrected chi connectivity index (χ2v) is 10.2. The molecule has 4 rings (SSSR count). The number of hydrogen-bond donors (Lipinski definition) is 0. The van der Waals surface area contributed by atoms with Crippen molar-refractivity contribution in [3.8, 4) is 0 Å². The number of piperazine rings is 1. The highest BCUT2D eigenvalue weighted by Gasteiger charge is 2.25. The van der Waals surface area contributed by atoms with Crippen molar-refractivity contribution in [2.45, 2.75) is 21.1 Å². The van der Waals surface area contributed by atoms with Crippen molar-refractivity contribution in [1.29, 1.82) is 0 Å². The molecule has 0 bridgehead atoms. The normalized spacial score (nSPS) is 25.3. The Labute approximate surface area is 199 Å². The molecule has 30 heavy (non-hydrogen) atoms. The quantitative estimate of drug-likeness (QED) is 0.591. The van der Waals surface area contributed by atoms with E-state index in [4.69, 9.17) is 15.1 Å². The first-order valence-corrected chi connectivity index (χ1v) is 11.5. The SMILES string of the molecule is [2H]c1c([2H])c([2H])c2c(c1[2H])Sc1c([2H])c([2H])c(S(=O)(=O)N(C)C)c([2H])c1/C2=C\C([2H])([2H])C([2H])([2H])N1CCN(C)CC1. The molecule has 7 heteroatoms. The number of nitrogens with zero attached hydrogens (tertiary/aromatic N) is 3. The maximum Gasteiger partial charge on any atom is 0.242 e. The van der Waals surface area contributed by atoms with E-state index in [1.54, 1.807) is 0 Å². The molecule has 2 aliphatic rings. The fraction of sp³-hybridized carbons (Fsp3) is 0.391. The van der Waals surface area contributed by atoms with E-state index >= 15 is 0 Å². The Morgan fingerprint density at radius 2 is 1.80 bits per heavy atom. The van der Waals surface area contributed by atoms with Gasteiger partial charge in [0.25, 0.3) is 0 Å². The van der Waals surface area contributed by atoms with Gasteiger partial charge in [0, 0.05) is 62.0 Å². The Bertz CT molecular complexity index is 1570. The molecule has 0 saturated carbocycles. The molecule has 0 N–H and O–H groups in total. The van der Waals surface area contributed by atoms with E-state index in [0.29, 0.717) is 24.9 Å². The highest BCUT2D eigenvalue weighted by Crippen LogP contribution is 2.46. The summed E-state index contributed by atoms with van der Waals surface area (Å²) < 4.78 is 122. The van der Waals surface area contributed by atoms with Crippen molar-refractivity contribution >= 4 is 27.4 Å². The molecule has 2 aromatic rings. The number of sulfonamides is 1. The Morgan fingerprint density at radius 1 is 1.10 bits per heavy atom. The maximum atomic E-state index is 13.2. The third-order valence-electron chi connectivity index (χ3n) is 4.83. The van der Waals surface area contributed by atoms with Crippen molar-refractivity contribution < 1.29 is 23.5 Å². The summed E-state index contributed by atoms with van der Waals surface area (Å²) in [6.07, 6.45) is -1.99. The maximum absolute atomic E-state index is 13.2. The van der Waals surface area contributed by atoms with E-state index in [2.05, 4.69) is 0 Å². The molecule has 1 saturated heterocycles. The third-order valence-corrected chi connectivity index (χ3v) is 7.53. The van der Waals surface area contributed by atoms with E-state index in [0.717, 1.165) is 10.4 Å². The molecule has 0 spiro atoms. The number of likely N-dealkylation sites (N-methyl/N-ethyl adjacent to an activating group) is 1. The van der Waals surface area contributed by atoms with Crippen LogP contribution in [0.1, 0.15) is 32.6 Å². The Balaban J connectivity index is 2.11. The Morgan fingerprint density at radius 3 is 2.53 bits per heavy atom. The zero-order valence-corrected chi connectivity index (χ0v) is 18.5. The summed E-state index contributed by atoms with van der Waals surface area (Å²) in [7, 11) is -0.209. The predicted octanol–water partition coefficient (Wildman–Crippen LogP) is 3.47. The monoisotopic (exact) mass is 454 g/mol. The summed E-state index contributed by atoms with van der Waals surface area (Å²) in [6, 6.07) is -4.46. The van der Waals surface area contributed by atoms with Gasteiger partial charge in [-0.15, -0.1) is 0 Å². The second kappa shape index (κ2) is 8.85. The van der Waals surface area contributed by atoms with Crippen LogP contribution >= 0.6 is 11.8 Å². The van der Waals surface area contributed by atoms with Crippen molar-refractivity contribution in [2.75, 3.05) is 53.8 Å². The summed E-state index contributed by atoms with van der Waals surface area (Å²) in [5.74, 6) is 0. The lowest BCUT2D eigenvalue weighted by Crippen LogP contribution is -2.44. The van der Waals surface area contributed by atoms with Crippen LogP contribution in [0.2, 0.25) is 0 Å². The third kappa shape index (κ3) is 4.36. The topological polar surface area (TPSA) is 43.9 Å². The van der Waals surface area contributed by atoms with Crippen LogP contribution in [0.15, 0.2) is 63.1 Å². The van der Waals surface area contributed by atoms with E-state index < -0.39 is 70.1 Å². The first-order valence-electron chi connectivity index (χ1n) is 14.8. The fourth-order valence-electron chi connectivity index (χ4n) is 3.01. The molecule has 5 nitrogen and oxygen atoms in total. The van der Waals surface area contributed by atoms with Crippen LogP contribution in [0.3, 0.4) is 0 Å². The average Bonchev–Trinajstić information content (AvgIpc) is 2.88. The molecule has 2 aromatic carbocycles. The lowest BCUT2D eigenvalue weighted by molar-refractivity contribution is 0.156. The second-order valence-electron chi connectivity index (χ2n) is 7.11.